The summed E-state index contributed by atoms with van der Waals surface area (Å²) in [6.07, 6.45) is 0. The van der Waals surface area contributed by atoms with E-state index in [1.807, 2.05) is 0 Å². The van der Waals surface area contributed by atoms with Crippen molar-refractivity contribution in [3.63, 3.8) is 0 Å². The average molecular weight is 231 g/mol. The molecular weight excluding hydrogens is 224 g/mol. The van der Waals surface area contributed by atoms with Gasteiger partial charge in [0, 0.05) is 0 Å². The molecule has 7 nitrogen and oxygen atoms in total. The zero-order valence-corrected chi connectivity index (χ0v) is 8.19. The summed E-state index contributed by atoms with van der Waals surface area (Å²) in [6.45, 7) is -0.162. The summed E-state index contributed by atoms with van der Waals surface area (Å²) in [5.74, 6) is -0.465. The zero-order valence-electron chi connectivity index (χ0n) is 7.44. The maximum atomic E-state index is 10.4. The Morgan fingerprint density at radius 2 is 2.33 bits per heavy atom. The molecule has 80 valence electrons. The summed E-state index contributed by atoms with van der Waals surface area (Å²) in [6, 6.07) is 2.27. The molecule has 15 heavy (non-hydrogen) atoms. The largest absolute Gasteiger partial charge is 0.368 e. The lowest BCUT2D eigenvalue weighted by atomic mass is 10.4. The third kappa shape index (κ3) is 3.39. The zero-order chi connectivity index (χ0) is 11.4. The van der Waals surface area contributed by atoms with Crippen molar-refractivity contribution >= 4 is 29.0 Å². The summed E-state index contributed by atoms with van der Waals surface area (Å²) >= 11 is 5.54. The van der Waals surface area contributed by atoms with Gasteiger partial charge in [-0.1, -0.05) is 11.6 Å². The second-order valence-electron chi connectivity index (χ2n) is 2.61. The first-order chi connectivity index (χ1) is 6.99. The van der Waals surface area contributed by atoms with Crippen LogP contribution in [0.1, 0.15) is 0 Å². The molecule has 0 aliphatic rings. The number of pyridine rings is 1. The third-order valence-electron chi connectivity index (χ3n) is 1.43. The summed E-state index contributed by atoms with van der Waals surface area (Å²) in [4.78, 5) is 24.0. The second kappa shape index (κ2) is 4.56. The standard InChI is InChI=1S/C7H7ClN4O3/c8-5-1-4(12(14)15)2-7(11-5)10-3-6(9)13/h1-2H,3H2,(H2,9,13)(H,10,11). The number of anilines is 1. The molecule has 1 amide bonds. The molecule has 1 heterocycles. The molecule has 0 saturated heterocycles. The van der Waals surface area contributed by atoms with Crippen LogP contribution in [0.2, 0.25) is 5.15 Å². The first-order valence-electron chi connectivity index (χ1n) is 3.83. The quantitative estimate of drug-likeness (QED) is 0.445. The molecule has 0 atom stereocenters. The van der Waals surface area contributed by atoms with Crippen LogP contribution in [0, 0.1) is 10.1 Å². The Bertz CT molecular complexity index is 409. The molecule has 0 aliphatic carbocycles. The third-order valence-corrected chi connectivity index (χ3v) is 1.63. The fraction of sp³-hybridized carbons (Fsp3) is 0.143. The molecule has 3 N–H and O–H groups in total. The highest BCUT2D eigenvalue weighted by atomic mass is 35.5. The summed E-state index contributed by atoms with van der Waals surface area (Å²) in [5.41, 5.74) is 4.67. The van der Waals surface area contributed by atoms with Crippen molar-refractivity contribution < 1.29 is 9.72 Å². The number of rotatable bonds is 4. The minimum atomic E-state index is -0.608. The van der Waals surface area contributed by atoms with E-state index in [0.717, 1.165) is 12.1 Å². The van der Waals surface area contributed by atoms with Crippen LogP contribution in [0.5, 0.6) is 0 Å². The SMILES string of the molecule is NC(=O)CNc1cc([N+](=O)[O-])cc(Cl)n1. The normalized spacial score (nSPS) is 9.67. The molecule has 0 spiro atoms. The molecule has 0 aliphatic heterocycles. The number of nitrogens with one attached hydrogen (secondary N) is 1. The molecule has 0 aromatic carbocycles. The molecule has 1 rings (SSSR count). The summed E-state index contributed by atoms with van der Waals surface area (Å²) < 4.78 is 0. The number of primary amides is 1. The lowest BCUT2D eigenvalue weighted by Gasteiger charge is -2.02. The van der Waals surface area contributed by atoms with Crippen molar-refractivity contribution in [3.8, 4) is 0 Å². The van der Waals surface area contributed by atoms with Crippen LogP contribution in [0.15, 0.2) is 12.1 Å². The van der Waals surface area contributed by atoms with E-state index in [2.05, 4.69) is 10.3 Å². The lowest BCUT2D eigenvalue weighted by Crippen LogP contribution is -2.22. The fourth-order valence-electron chi connectivity index (χ4n) is 0.857. The smallest absolute Gasteiger partial charge is 0.276 e. The van der Waals surface area contributed by atoms with Gasteiger partial charge >= 0.3 is 0 Å². The fourth-order valence-corrected chi connectivity index (χ4v) is 1.06. The number of aromatic nitrogens is 1. The van der Waals surface area contributed by atoms with Crippen LogP contribution >= 0.6 is 11.6 Å². The number of nitro groups is 1. The molecular formula is C7H7ClN4O3. The van der Waals surface area contributed by atoms with E-state index in [4.69, 9.17) is 17.3 Å². The van der Waals surface area contributed by atoms with E-state index in [-0.39, 0.29) is 23.2 Å². The summed E-state index contributed by atoms with van der Waals surface area (Å²) in [5, 5.41) is 12.9. The Hall–Kier alpha value is -1.89. The molecule has 1 aromatic rings. The topological polar surface area (TPSA) is 111 Å². The first-order valence-corrected chi connectivity index (χ1v) is 4.21. The van der Waals surface area contributed by atoms with Crippen molar-refractivity contribution in [1.29, 1.82) is 0 Å². The van der Waals surface area contributed by atoms with E-state index < -0.39 is 10.8 Å². The minimum absolute atomic E-state index is 0.0313. The van der Waals surface area contributed by atoms with Gasteiger partial charge in [-0.3, -0.25) is 14.9 Å². The maximum Gasteiger partial charge on any atom is 0.276 e. The number of amides is 1. The van der Waals surface area contributed by atoms with Gasteiger partial charge in [-0.15, -0.1) is 0 Å². The minimum Gasteiger partial charge on any atom is -0.368 e. The number of carbonyl (C=O) groups excluding carboxylic acids is 1. The molecule has 0 fully saturated rings. The predicted octanol–water partition coefficient (Wildman–Crippen LogP) is 0.540. The number of halogens is 1. The van der Waals surface area contributed by atoms with E-state index in [0.29, 0.717) is 0 Å². The van der Waals surface area contributed by atoms with E-state index in [1.165, 1.54) is 0 Å². The number of hydrogen-bond acceptors (Lipinski definition) is 5. The van der Waals surface area contributed by atoms with E-state index >= 15 is 0 Å². The van der Waals surface area contributed by atoms with Gasteiger partial charge in [-0.05, 0) is 0 Å². The van der Waals surface area contributed by atoms with E-state index in [1.54, 1.807) is 0 Å². The van der Waals surface area contributed by atoms with Crippen molar-refractivity contribution in [2.45, 2.75) is 0 Å². The van der Waals surface area contributed by atoms with Gasteiger partial charge in [-0.2, -0.15) is 0 Å². The Morgan fingerprint density at radius 1 is 1.67 bits per heavy atom. The van der Waals surface area contributed by atoms with Crippen molar-refractivity contribution in [3.05, 3.63) is 27.4 Å². The van der Waals surface area contributed by atoms with Crippen LogP contribution in [0.4, 0.5) is 11.5 Å². The highest BCUT2D eigenvalue weighted by Crippen LogP contribution is 2.20. The van der Waals surface area contributed by atoms with Gasteiger partial charge in [0.15, 0.2) is 0 Å². The highest BCUT2D eigenvalue weighted by molar-refractivity contribution is 6.29. The first kappa shape index (κ1) is 11.2. The van der Waals surface area contributed by atoms with Gasteiger partial charge < -0.3 is 11.1 Å². The Labute approximate surface area is 89.4 Å². The van der Waals surface area contributed by atoms with Crippen LogP contribution in [0.25, 0.3) is 0 Å². The molecule has 0 bridgehead atoms. The predicted molar refractivity (Wildman–Crippen MR) is 53.6 cm³/mol. The van der Waals surface area contributed by atoms with Gasteiger partial charge in [0.25, 0.3) is 5.69 Å². The van der Waals surface area contributed by atoms with E-state index in [9.17, 15) is 14.9 Å². The van der Waals surface area contributed by atoms with Gasteiger partial charge in [0.05, 0.1) is 23.6 Å². The number of nitrogens with two attached hydrogens (primary N) is 1. The molecule has 0 unspecified atom stereocenters. The second-order valence-corrected chi connectivity index (χ2v) is 3.00. The molecule has 1 aromatic heterocycles. The lowest BCUT2D eigenvalue weighted by molar-refractivity contribution is -0.384. The van der Waals surface area contributed by atoms with Gasteiger partial charge in [0.1, 0.15) is 11.0 Å². The summed E-state index contributed by atoms with van der Waals surface area (Å²) in [7, 11) is 0. The Balaban J connectivity index is 2.88. The van der Waals surface area contributed by atoms with Crippen molar-refractivity contribution in [2.75, 3.05) is 11.9 Å². The van der Waals surface area contributed by atoms with Gasteiger partial charge in [-0.25, -0.2) is 4.98 Å². The number of hydrogen-bond donors (Lipinski definition) is 2. The van der Waals surface area contributed by atoms with Crippen LogP contribution in [-0.2, 0) is 4.79 Å². The molecule has 0 radical (unpaired) electrons. The van der Waals surface area contributed by atoms with Crippen LogP contribution in [-0.4, -0.2) is 22.4 Å². The van der Waals surface area contributed by atoms with Gasteiger partial charge in [0.2, 0.25) is 5.91 Å². The van der Waals surface area contributed by atoms with Crippen LogP contribution < -0.4 is 11.1 Å². The molecule has 0 saturated carbocycles. The Kier molecular flexibility index (Phi) is 3.40. The average Bonchev–Trinajstić information content (AvgIpc) is 2.13. The number of nitrogens with zero attached hydrogens (tertiary/aromatic N) is 2. The number of carbonyl (C=O) groups is 1. The maximum absolute atomic E-state index is 10.4. The monoisotopic (exact) mass is 230 g/mol. The van der Waals surface area contributed by atoms with Crippen LogP contribution in [0.3, 0.4) is 0 Å². The Morgan fingerprint density at radius 3 is 2.87 bits per heavy atom. The highest BCUT2D eigenvalue weighted by Gasteiger charge is 2.10. The van der Waals surface area contributed by atoms with Crippen molar-refractivity contribution in [1.82, 2.24) is 4.98 Å². The van der Waals surface area contributed by atoms with Crippen molar-refractivity contribution in [2.24, 2.45) is 5.73 Å². The molecule has 8 heteroatoms.